The number of benzene rings is 2. The summed E-state index contributed by atoms with van der Waals surface area (Å²) in [6, 6.07) is 17.2. The molecule has 1 fully saturated rings. The molecule has 32 heavy (non-hydrogen) atoms. The number of carbonyl (C=O) groups excluding carboxylic acids is 2. The molecule has 7 heteroatoms. The number of hydrogen-bond donors (Lipinski definition) is 3. The predicted molar refractivity (Wildman–Crippen MR) is 121 cm³/mol. The highest BCUT2D eigenvalue weighted by Crippen LogP contribution is 2.32. The van der Waals surface area contributed by atoms with Gasteiger partial charge in [0.15, 0.2) is 0 Å². The fraction of sp³-hybridized carbons (Fsp3) is 0.320. The summed E-state index contributed by atoms with van der Waals surface area (Å²) in [4.78, 5) is 29.1. The molecular weight excluding hydrogens is 406 g/mol. The van der Waals surface area contributed by atoms with Crippen molar-refractivity contribution < 1.29 is 19.5 Å². The molecule has 0 aliphatic heterocycles. The Balaban J connectivity index is 1.42. The number of ether oxygens (including phenoxy) is 1. The van der Waals surface area contributed by atoms with E-state index in [1.807, 2.05) is 61.5 Å². The van der Waals surface area contributed by atoms with E-state index >= 15 is 0 Å². The summed E-state index contributed by atoms with van der Waals surface area (Å²) in [5.41, 5.74) is 4.21. The van der Waals surface area contributed by atoms with E-state index in [2.05, 4.69) is 10.3 Å². The third-order valence-electron chi connectivity index (χ3n) is 6.11. The van der Waals surface area contributed by atoms with Crippen LogP contribution in [0, 0.1) is 11.8 Å². The highest BCUT2D eigenvalue weighted by Gasteiger charge is 2.35. The Morgan fingerprint density at radius 2 is 1.69 bits per heavy atom. The summed E-state index contributed by atoms with van der Waals surface area (Å²) in [5, 5.41) is 12.8. The van der Waals surface area contributed by atoms with Gasteiger partial charge in [-0.3, -0.25) is 19.8 Å². The Morgan fingerprint density at radius 3 is 2.41 bits per heavy atom. The second-order valence-electron chi connectivity index (χ2n) is 8.17. The summed E-state index contributed by atoms with van der Waals surface area (Å²) < 4.78 is 6.19. The number of nitrogens with one attached hydrogen (secondary N) is 2. The molecule has 1 heterocycles. The van der Waals surface area contributed by atoms with Crippen molar-refractivity contribution in [2.45, 2.75) is 38.7 Å². The van der Waals surface area contributed by atoms with Crippen LogP contribution in [-0.2, 0) is 9.59 Å². The van der Waals surface area contributed by atoms with E-state index < -0.39 is 17.7 Å². The lowest BCUT2D eigenvalue weighted by molar-refractivity contribution is -0.140. The average Bonchev–Trinajstić information content (AvgIpc) is 2.84. The maximum atomic E-state index is 12.8. The Labute approximate surface area is 186 Å². The van der Waals surface area contributed by atoms with Crippen LogP contribution >= 0.6 is 0 Å². The minimum absolute atomic E-state index is 0.193. The molecule has 3 aromatic rings. The maximum absolute atomic E-state index is 12.8. The average molecular weight is 434 g/mol. The molecule has 0 saturated heterocycles. The zero-order valence-electron chi connectivity index (χ0n) is 18.0. The SMILES string of the molecule is CC(Oc1ccnc2ccccc12)c1ccc(NC(=O)C2CCCCC2C(=O)NO)cc1. The Hall–Kier alpha value is -3.45. The van der Waals surface area contributed by atoms with Crippen LogP contribution in [0.25, 0.3) is 10.9 Å². The zero-order valence-corrected chi connectivity index (χ0v) is 18.0. The Bertz CT molecular complexity index is 1090. The van der Waals surface area contributed by atoms with Crippen molar-refractivity contribution in [1.29, 1.82) is 0 Å². The molecule has 0 bridgehead atoms. The number of rotatable bonds is 6. The summed E-state index contributed by atoms with van der Waals surface area (Å²) >= 11 is 0. The smallest absolute Gasteiger partial charge is 0.247 e. The number of aromatic nitrogens is 1. The van der Waals surface area contributed by atoms with Gasteiger partial charge < -0.3 is 10.1 Å². The first-order valence-electron chi connectivity index (χ1n) is 10.9. The Morgan fingerprint density at radius 1 is 1.00 bits per heavy atom. The number of hydroxylamine groups is 1. The van der Waals surface area contributed by atoms with Crippen LogP contribution < -0.4 is 15.5 Å². The van der Waals surface area contributed by atoms with Gasteiger partial charge in [-0.1, -0.05) is 37.1 Å². The zero-order chi connectivity index (χ0) is 22.5. The minimum Gasteiger partial charge on any atom is -0.485 e. The number of amides is 2. The lowest BCUT2D eigenvalue weighted by atomic mass is 9.78. The fourth-order valence-electron chi connectivity index (χ4n) is 4.34. The molecule has 1 saturated carbocycles. The molecule has 3 atom stereocenters. The van der Waals surface area contributed by atoms with Crippen LogP contribution in [0.5, 0.6) is 5.75 Å². The number of carbonyl (C=O) groups is 2. The maximum Gasteiger partial charge on any atom is 0.247 e. The first-order valence-corrected chi connectivity index (χ1v) is 10.9. The van der Waals surface area contributed by atoms with E-state index in [0.29, 0.717) is 18.5 Å². The summed E-state index contributed by atoms with van der Waals surface area (Å²) in [6.45, 7) is 1.98. The van der Waals surface area contributed by atoms with Gasteiger partial charge in [-0.15, -0.1) is 0 Å². The molecule has 7 nitrogen and oxygen atoms in total. The molecule has 1 aliphatic rings. The van der Waals surface area contributed by atoms with Gasteiger partial charge >= 0.3 is 0 Å². The highest BCUT2D eigenvalue weighted by atomic mass is 16.5. The number of pyridine rings is 1. The van der Waals surface area contributed by atoms with Crippen LogP contribution in [0.4, 0.5) is 5.69 Å². The van der Waals surface area contributed by atoms with Crippen molar-refractivity contribution in [1.82, 2.24) is 10.5 Å². The number of para-hydroxylation sites is 1. The van der Waals surface area contributed by atoms with Gasteiger partial charge in [0.1, 0.15) is 11.9 Å². The number of hydrogen-bond acceptors (Lipinski definition) is 5. The van der Waals surface area contributed by atoms with Crippen molar-refractivity contribution in [3.8, 4) is 5.75 Å². The third-order valence-corrected chi connectivity index (χ3v) is 6.11. The normalized spacial score (nSPS) is 19.2. The Kier molecular flexibility index (Phi) is 6.66. The minimum atomic E-state index is -0.503. The van der Waals surface area contributed by atoms with Crippen molar-refractivity contribution in [3.05, 3.63) is 66.4 Å². The standard InChI is InChI=1S/C25H27N3O4/c1-16(32-23-14-15-26-22-9-5-4-8-21(22)23)17-10-12-18(13-11-17)27-24(29)19-6-2-3-7-20(19)25(30)28-31/h4-5,8-16,19-20,31H,2-3,6-7H2,1H3,(H,27,29)(H,28,30). The fourth-order valence-corrected chi connectivity index (χ4v) is 4.34. The number of nitrogens with zero attached hydrogens (tertiary/aromatic N) is 1. The van der Waals surface area contributed by atoms with Crippen molar-refractivity contribution >= 4 is 28.4 Å². The monoisotopic (exact) mass is 433 g/mol. The van der Waals surface area contributed by atoms with Crippen LogP contribution in [0.15, 0.2) is 60.8 Å². The van der Waals surface area contributed by atoms with Gasteiger partial charge in [0, 0.05) is 23.2 Å². The number of fused-ring (bicyclic) bond motifs is 1. The molecular formula is C25H27N3O4. The third kappa shape index (κ3) is 4.73. The molecule has 0 radical (unpaired) electrons. The summed E-state index contributed by atoms with van der Waals surface area (Å²) in [7, 11) is 0. The molecule has 4 rings (SSSR count). The van der Waals surface area contributed by atoms with Gasteiger partial charge in [-0.25, -0.2) is 5.48 Å². The van der Waals surface area contributed by atoms with Crippen LogP contribution in [0.2, 0.25) is 0 Å². The predicted octanol–water partition coefficient (Wildman–Crippen LogP) is 4.63. The van der Waals surface area contributed by atoms with Crippen molar-refractivity contribution in [3.63, 3.8) is 0 Å². The highest BCUT2D eigenvalue weighted by molar-refractivity contribution is 5.96. The van der Waals surface area contributed by atoms with Crippen molar-refractivity contribution in [2.24, 2.45) is 11.8 Å². The van der Waals surface area contributed by atoms with E-state index in [1.165, 1.54) is 0 Å². The summed E-state index contributed by atoms with van der Waals surface area (Å²) in [6.07, 6.45) is 4.54. The van der Waals surface area contributed by atoms with Crippen LogP contribution in [0.3, 0.4) is 0 Å². The van der Waals surface area contributed by atoms with Gasteiger partial charge in [-0.05, 0) is 55.7 Å². The van der Waals surface area contributed by atoms with Crippen LogP contribution in [-0.4, -0.2) is 22.0 Å². The van der Waals surface area contributed by atoms with E-state index in [0.717, 1.165) is 35.1 Å². The van der Waals surface area contributed by atoms with E-state index in [-0.39, 0.29) is 12.0 Å². The molecule has 2 aromatic carbocycles. The van der Waals surface area contributed by atoms with Crippen molar-refractivity contribution in [2.75, 3.05) is 5.32 Å². The lowest BCUT2D eigenvalue weighted by Gasteiger charge is -2.28. The molecule has 0 spiro atoms. The van der Waals surface area contributed by atoms with Gasteiger partial charge in [-0.2, -0.15) is 0 Å². The second kappa shape index (κ2) is 9.78. The first-order chi connectivity index (χ1) is 15.6. The van der Waals surface area contributed by atoms with Gasteiger partial charge in [0.05, 0.1) is 11.4 Å². The van der Waals surface area contributed by atoms with Crippen LogP contribution in [0.1, 0.15) is 44.3 Å². The molecule has 1 aromatic heterocycles. The topological polar surface area (TPSA) is 101 Å². The van der Waals surface area contributed by atoms with E-state index in [1.54, 1.807) is 11.7 Å². The molecule has 166 valence electrons. The quantitative estimate of drug-likeness (QED) is 0.389. The first kappa shape index (κ1) is 21.8. The molecule has 3 N–H and O–H groups in total. The number of anilines is 1. The lowest BCUT2D eigenvalue weighted by Crippen LogP contribution is -2.40. The molecule has 2 amide bonds. The molecule has 3 unspecified atom stereocenters. The second-order valence-corrected chi connectivity index (χ2v) is 8.17. The van der Waals surface area contributed by atoms with Gasteiger partial charge in [0.25, 0.3) is 0 Å². The summed E-state index contributed by atoms with van der Waals surface area (Å²) in [5.74, 6) is -0.867. The molecule has 1 aliphatic carbocycles. The van der Waals surface area contributed by atoms with E-state index in [9.17, 15) is 9.59 Å². The van der Waals surface area contributed by atoms with Gasteiger partial charge in [0.2, 0.25) is 11.8 Å². The largest absolute Gasteiger partial charge is 0.485 e. The van der Waals surface area contributed by atoms with E-state index in [4.69, 9.17) is 9.94 Å².